The van der Waals surface area contributed by atoms with Crippen molar-refractivity contribution in [3.8, 4) is 6.07 Å². The number of rotatable bonds is 4. The summed E-state index contributed by atoms with van der Waals surface area (Å²) >= 11 is 0. The fourth-order valence-corrected chi connectivity index (χ4v) is 2.88. The second kappa shape index (κ2) is 7.08. The van der Waals surface area contributed by atoms with Crippen LogP contribution in [0.15, 0.2) is 24.3 Å². The summed E-state index contributed by atoms with van der Waals surface area (Å²) in [5.41, 5.74) is 0.104. The highest BCUT2D eigenvalue weighted by Gasteiger charge is 2.40. The van der Waals surface area contributed by atoms with Crippen molar-refractivity contribution in [3.05, 3.63) is 35.4 Å². The second-order valence-corrected chi connectivity index (χ2v) is 5.79. The highest BCUT2D eigenvalue weighted by atomic mass is 16.4. The van der Waals surface area contributed by atoms with Gasteiger partial charge >= 0.3 is 5.97 Å². The first-order valence-corrected chi connectivity index (χ1v) is 7.59. The van der Waals surface area contributed by atoms with Crippen LogP contribution in [0.1, 0.15) is 54.4 Å². The molecule has 0 spiro atoms. The van der Waals surface area contributed by atoms with Gasteiger partial charge in [-0.3, -0.25) is 4.79 Å². The number of carboxylic acid groups (broad SMARTS) is 1. The van der Waals surface area contributed by atoms with E-state index in [1.807, 2.05) is 6.07 Å². The van der Waals surface area contributed by atoms with Gasteiger partial charge in [0.15, 0.2) is 0 Å². The average Bonchev–Trinajstić information content (AvgIpc) is 2.75. The van der Waals surface area contributed by atoms with Gasteiger partial charge in [-0.2, -0.15) is 5.26 Å². The lowest BCUT2D eigenvalue weighted by Gasteiger charge is -2.29. The minimum absolute atomic E-state index is 0.293. The van der Waals surface area contributed by atoms with Gasteiger partial charge in [0.05, 0.1) is 12.5 Å². The topological polar surface area (TPSA) is 90.2 Å². The van der Waals surface area contributed by atoms with Crippen molar-refractivity contribution in [1.29, 1.82) is 5.26 Å². The largest absolute Gasteiger partial charge is 0.480 e. The molecule has 5 nitrogen and oxygen atoms in total. The molecule has 1 aliphatic carbocycles. The van der Waals surface area contributed by atoms with E-state index in [-0.39, 0.29) is 5.91 Å². The summed E-state index contributed by atoms with van der Waals surface area (Å²) in [4.78, 5) is 24.0. The number of nitriles is 1. The van der Waals surface area contributed by atoms with Crippen LogP contribution in [-0.4, -0.2) is 22.5 Å². The summed E-state index contributed by atoms with van der Waals surface area (Å²) in [6.45, 7) is 0. The molecule has 1 amide bonds. The standard InChI is InChI=1S/C17H20N2O3/c18-12-9-13-5-7-14(8-6-13)15(20)19-17(16(21)22)10-3-1-2-4-11-17/h5-8H,1-4,9-11H2,(H,19,20)(H,21,22). The molecule has 1 aliphatic rings. The van der Waals surface area contributed by atoms with Gasteiger partial charge in [-0.15, -0.1) is 0 Å². The Labute approximate surface area is 129 Å². The minimum Gasteiger partial charge on any atom is -0.480 e. The van der Waals surface area contributed by atoms with Gasteiger partial charge in [-0.25, -0.2) is 4.79 Å². The zero-order valence-electron chi connectivity index (χ0n) is 12.5. The molecule has 22 heavy (non-hydrogen) atoms. The minimum atomic E-state index is -1.15. The molecule has 0 aromatic heterocycles. The monoisotopic (exact) mass is 300 g/mol. The molecule has 1 fully saturated rings. The summed E-state index contributed by atoms with van der Waals surface area (Å²) in [5.74, 6) is -1.32. The van der Waals surface area contributed by atoms with Crippen LogP contribution >= 0.6 is 0 Å². The van der Waals surface area contributed by atoms with Crippen molar-refractivity contribution < 1.29 is 14.7 Å². The number of aliphatic carboxylic acids is 1. The molecule has 0 bridgehead atoms. The average molecular weight is 300 g/mol. The van der Waals surface area contributed by atoms with Gasteiger partial charge in [0, 0.05) is 5.56 Å². The van der Waals surface area contributed by atoms with E-state index in [0.717, 1.165) is 31.2 Å². The van der Waals surface area contributed by atoms with E-state index in [1.165, 1.54) is 0 Å². The molecule has 0 saturated heterocycles. The van der Waals surface area contributed by atoms with Crippen LogP contribution in [0.25, 0.3) is 0 Å². The Bertz CT molecular complexity index is 579. The number of hydrogen-bond acceptors (Lipinski definition) is 3. The van der Waals surface area contributed by atoms with E-state index in [0.29, 0.717) is 24.8 Å². The Kier molecular flexibility index (Phi) is 5.16. The lowest BCUT2D eigenvalue weighted by atomic mass is 9.89. The fourth-order valence-electron chi connectivity index (χ4n) is 2.88. The molecule has 2 N–H and O–H groups in total. The summed E-state index contributed by atoms with van der Waals surface area (Å²) in [7, 11) is 0. The second-order valence-electron chi connectivity index (χ2n) is 5.79. The molecule has 0 radical (unpaired) electrons. The molecule has 0 aliphatic heterocycles. The Morgan fingerprint density at radius 1 is 1.14 bits per heavy atom. The number of carbonyl (C=O) groups excluding carboxylic acids is 1. The van der Waals surface area contributed by atoms with E-state index in [9.17, 15) is 14.7 Å². The Morgan fingerprint density at radius 2 is 1.73 bits per heavy atom. The van der Waals surface area contributed by atoms with Gasteiger partial charge in [0.1, 0.15) is 5.54 Å². The van der Waals surface area contributed by atoms with E-state index < -0.39 is 11.5 Å². The van der Waals surface area contributed by atoms with Gasteiger partial charge in [0.25, 0.3) is 5.91 Å². The van der Waals surface area contributed by atoms with E-state index in [2.05, 4.69) is 5.32 Å². The van der Waals surface area contributed by atoms with Crippen LogP contribution in [0.2, 0.25) is 0 Å². The van der Waals surface area contributed by atoms with Gasteiger partial charge < -0.3 is 10.4 Å². The maximum absolute atomic E-state index is 12.4. The van der Waals surface area contributed by atoms with E-state index in [4.69, 9.17) is 5.26 Å². The number of nitrogens with one attached hydrogen (secondary N) is 1. The lowest BCUT2D eigenvalue weighted by molar-refractivity contribution is -0.145. The SMILES string of the molecule is N#CCc1ccc(C(=O)NC2(C(=O)O)CCCCCC2)cc1. The first kappa shape index (κ1) is 16.0. The predicted octanol–water partition coefficient (Wildman–Crippen LogP) is 2.66. The Hall–Kier alpha value is -2.35. The third-order valence-electron chi connectivity index (χ3n) is 4.22. The highest BCUT2D eigenvalue weighted by molar-refractivity contribution is 5.97. The summed E-state index contributed by atoms with van der Waals surface area (Å²) in [6.07, 6.45) is 4.88. The molecule has 5 heteroatoms. The van der Waals surface area contributed by atoms with Crippen LogP contribution in [0.4, 0.5) is 0 Å². The smallest absolute Gasteiger partial charge is 0.329 e. The summed E-state index contributed by atoms with van der Waals surface area (Å²) in [5, 5.41) is 21.0. The van der Waals surface area contributed by atoms with Crippen molar-refractivity contribution in [2.45, 2.75) is 50.5 Å². The van der Waals surface area contributed by atoms with Gasteiger partial charge in [-0.1, -0.05) is 37.8 Å². The van der Waals surface area contributed by atoms with Gasteiger partial charge in [0.2, 0.25) is 0 Å². The predicted molar refractivity (Wildman–Crippen MR) is 81.3 cm³/mol. The van der Waals surface area contributed by atoms with Crippen LogP contribution in [0.5, 0.6) is 0 Å². The Balaban J connectivity index is 2.14. The lowest BCUT2D eigenvalue weighted by Crippen LogP contribution is -2.54. The first-order valence-electron chi connectivity index (χ1n) is 7.59. The van der Waals surface area contributed by atoms with Crippen molar-refractivity contribution >= 4 is 11.9 Å². The number of carboxylic acids is 1. The number of nitrogens with zero attached hydrogens (tertiary/aromatic N) is 1. The zero-order chi connectivity index (χ0) is 16.0. The fraction of sp³-hybridized carbons (Fsp3) is 0.471. The maximum Gasteiger partial charge on any atom is 0.329 e. The van der Waals surface area contributed by atoms with Crippen molar-refractivity contribution in [2.24, 2.45) is 0 Å². The normalized spacial score (nSPS) is 17.0. The molecule has 1 aromatic rings. The van der Waals surface area contributed by atoms with Crippen LogP contribution in [0, 0.1) is 11.3 Å². The van der Waals surface area contributed by atoms with Crippen molar-refractivity contribution in [2.75, 3.05) is 0 Å². The maximum atomic E-state index is 12.4. The molecule has 0 unspecified atom stereocenters. The van der Waals surface area contributed by atoms with Crippen molar-refractivity contribution in [3.63, 3.8) is 0 Å². The number of hydrogen-bond donors (Lipinski definition) is 2. The van der Waals surface area contributed by atoms with Crippen molar-refractivity contribution in [1.82, 2.24) is 5.32 Å². The van der Waals surface area contributed by atoms with Crippen LogP contribution in [0.3, 0.4) is 0 Å². The van der Waals surface area contributed by atoms with E-state index in [1.54, 1.807) is 24.3 Å². The molecule has 0 atom stereocenters. The highest BCUT2D eigenvalue weighted by Crippen LogP contribution is 2.28. The molecule has 1 saturated carbocycles. The first-order chi connectivity index (χ1) is 10.6. The molecule has 0 heterocycles. The molecule has 116 valence electrons. The molecule has 2 rings (SSSR count). The third kappa shape index (κ3) is 3.64. The number of benzene rings is 1. The molecule has 1 aromatic carbocycles. The zero-order valence-corrected chi connectivity index (χ0v) is 12.5. The van der Waals surface area contributed by atoms with Crippen LogP contribution < -0.4 is 5.32 Å². The summed E-state index contributed by atoms with van der Waals surface area (Å²) < 4.78 is 0. The Morgan fingerprint density at radius 3 is 2.23 bits per heavy atom. The molecular weight excluding hydrogens is 280 g/mol. The third-order valence-corrected chi connectivity index (χ3v) is 4.22. The van der Waals surface area contributed by atoms with Crippen LogP contribution in [-0.2, 0) is 11.2 Å². The molecular formula is C17H20N2O3. The quantitative estimate of drug-likeness (QED) is 0.836. The van der Waals surface area contributed by atoms with Gasteiger partial charge in [-0.05, 0) is 30.5 Å². The number of amides is 1. The number of carbonyl (C=O) groups is 2. The summed E-state index contributed by atoms with van der Waals surface area (Å²) in [6, 6.07) is 8.76. The van der Waals surface area contributed by atoms with E-state index >= 15 is 0 Å².